The van der Waals surface area contributed by atoms with Crippen LogP contribution in [0.5, 0.6) is 0 Å². The van der Waals surface area contributed by atoms with Crippen molar-refractivity contribution in [2.24, 2.45) is 11.8 Å². The minimum atomic E-state index is -1.49. The van der Waals surface area contributed by atoms with E-state index < -0.39 is 47.3 Å². The van der Waals surface area contributed by atoms with E-state index >= 15 is 0 Å². The van der Waals surface area contributed by atoms with E-state index in [4.69, 9.17) is 4.74 Å². The van der Waals surface area contributed by atoms with Gasteiger partial charge in [-0.25, -0.2) is 4.79 Å². The first-order valence-corrected chi connectivity index (χ1v) is 17.6. The number of amides is 1. The van der Waals surface area contributed by atoms with Gasteiger partial charge in [-0.1, -0.05) is 75.5 Å². The van der Waals surface area contributed by atoms with Crippen molar-refractivity contribution in [1.82, 2.24) is 14.8 Å². The Bertz CT molecular complexity index is 1280. The lowest BCUT2D eigenvalue weighted by atomic mass is 9.79. The molecular formula is C38H55N3O6. The lowest BCUT2D eigenvalue weighted by Gasteiger charge is -2.40. The average Bonchev–Trinajstić information content (AvgIpc) is 3.35. The lowest BCUT2D eigenvalue weighted by Crippen LogP contribution is -2.53. The number of nitrogens with zero attached hydrogens (tertiary/aromatic N) is 3. The van der Waals surface area contributed by atoms with Crippen LogP contribution in [0.15, 0.2) is 60.3 Å². The molecule has 0 radical (unpaired) electrons. The van der Waals surface area contributed by atoms with E-state index in [1.807, 2.05) is 57.2 Å². The number of ketones is 2. The number of carbonyl (C=O) groups is 3. The molecule has 258 valence electrons. The molecule has 0 unspecified atom stereocenters. The van der Waals surface area contributed by atoms with Gasteiger partial charge in [0.1, 0.15) is 5.60 Å². The molecular weight excluding hydrogens is 594 g/mol. The summed E-state index contributed by atoms with van der Waals surface area (Å²) in [6.07, 6.45) is 15.7. The second kappa shape index (κ2) is 17.3. The zero-order chi connectivity index (χ0) is 34.0. The number of pyridine rings is 1. The van der Waals surface area contributed by atoms with Gasteiger partial charge in [0.05, 0.1) is 12.0 Å². The van der Waals surface area contributed by atoms with E-state index in [1.54, 1.807) is 30.2 Å². The van der Waals surface area contributed by atoms with Crippen molar-refractivity contribution in [3.63, 3.8) is 0 Å². The highest BCUT2D eigenvalue weighted by molar-refractivity contribution is 6.38. The molecule has 6 atom stereocenters. The normalized spacial score (nSPS) is 31.1. The van der Waals surface area contributed by atoms with Crippen LogP contribution in [0, 0.1) is 11.8 Å². The van der Waals surface area contributed by atoms with E-state index in [-0.39, 0.29) is 25.2 Å². The zero-order valence-electron chi connectivity index (χ0n) is 28.7. The quantitative estimate of drug-likeness (QED) is 0.172. The fourth-order valence-electron chi connectivity index (χ4n) is 7.11. The Hall–Kier alpha value is -3.14. The Morgan fingerprint density at radius 3 is 2.43 bits per heavy atom. The Morgan fingerprint density at radius 2 is 1.77 bits per heavy atom. The minimum Gasteiger partial charge on any atom is -0.439 e. The van der Waals surface area contributed by atoms with Gasteiger partial charge in [-0.3, -0.25) is 19.5 Å². The summed E-state index contributed by atoms with van der Waals surface area (Å²) in [5.41, 5.74) is 0.126. The number of hydrogen-bond acceptors (Lipinski definition) is 8. The molecule has 0 aromatic carbocycles. The number of ether oxygens (including phenoxy) is 1. The molecule has 2 N–H and O–H groups in total. The van der Waals surface area contributed by atoms with Gasteiger partial charge in [-0.15, -0.1) is 0 Å². The highest BCUT2D eigenvalue weighted by Gasteiger charge is 2.38. The van der Waals surface area contributed by atoms with Crippen LogP contribution in [0.2, 0.25) is 0 Å². The molecule has 1 aromatic rings. The molecule has 1 saturated carbocycles. The van der Waals surface area contributed by atoms with Gasteiger partial charge in [0.2, 0.25) is 11.6 Å². The Labute approximate surface area is 280 Å². The van der Waals surface area contributed by atoms with E-state index in [9.17, 15) is 24.6 Å². The van der Waals surface area contributed by atoms with Crippen molar-refractivity contribution >= 4 is 17.7 Å². The number of allylic oxidation sites excluding steroid dienone is 5. The van der Waals surface area contributed by atoms with E-state index in [0.29, 0.717) is 24.7 Å². The molecule has 2 aliphatic carbocycles. The largest absolute Gasteiger partial charge is 0.439 e. The molecule has 0 spiro atoms. The molecule has 1 aromatic heterocycles. The molecule has 9 nitrogen and oxygen atoms in total. The summed E-state index contributed by atoms with van der Waals surface area (Å²) < 4.78 is 5.98. The second-order valence-corrected chi connectivity index (χ2v) is 14.1. The van der Waals surface area contributed by atoms with Gasteiger partial charge < -0.3 is 19.8 Å². The van der Waals surface area contributed by atoms with Crippen LogP contribution >= 0.6 is 0 Å². The van der Waals surface area contributed by atoms with Crippen molar-refractivity contribution in [3.8, 4) is 0 Å². The van der Waals surface area contributed by atoms with Gasteiger partial charge in [0.25, 0.3) is 0 Å². The molecule has 2 heterocycles. The average molecular weight is 650 g/mol. The third-order valence-electron chi connectivity index (χ3n) is 10.2. The summed E-state index contributed by atoms with van der Waals surface area (Å²) in [6, 6.07) is 6.34. The maximum Gasteiger partial charge on any atom is 0.410 e. The number of aliphatic hydroxyl groups excluding tert-OH is 1. The number of carbonyl (C=O) groups excluding carboxylic acids is 3. The highest BCUT2D eigenvalue weighted by Crippen LogP contribution is 2.30. The summed E-state index contributed by atoms with van der Waals surface area (Å²) in [6.45, 7) is 10.0. The summed E-state index contributed by atoms with van der Waals surface area (Å²) in [5.74, 6) is -2.36. The molecule has 1 aliphatic heterocycles. The number of Topliss-reactive ketones (excluding diaryl/α,β-unsaturated/α-hetero) is 2. The highest BCUT2D eigenvalue weighted by atomic mass is 16.6. The van der Waals surface area contributed by atoms with Crippen molar-refractivity contribution in [1.29, 1.82) is 0 Å². The minimum absolute atomic E-state index is 0.0545. The fourth-order valence-corrected chi connectivity index (χ4v) is 7.11. The topological polar surface area (TPSA) is 120 Å². The van der Waals surface area contributed by atoms with Gasteiger partial charge >= 0.3 is 6.09 Å². The molecule has 1 saturated heterocycles. The van der Waals surface area contributed by atoms with Crippen LogP contribution in [0.3, 0.4) is 0 Å². The van der Waals surface area contributed by atoms with Gasteiger partial charge in [-0.05, 0) is 63.7 Å². The number of rotatable bonds is 6. The summed E-state index contributed by atoms with van der Waals surface area (Å²) in [4.78, 5) is 48.6. The van der Waals surface area contributed by atoms with Gasteiger partial charge in [0, 0.05) is 56.5 Å². The molecule has 9 heteroatoms. The predicted octanol–water partition coefficient (Wildman–Crippen LogP) is 5.78. The zero-order valence-corrected chi connectivity index (χ0v) is 28.7. The number of aromatic nitrogens is 1. The van der Waals surface area contributed by atoms with Gasteiger partial charge in [-0.2, -0.15) is 0 Å². The van der Waals surface area contributed by atoms with Crippen molar-refractivity contribution < 1.29 is 29.3 Å². The SMILES string of the molecule is C/C(=C\C=C\[C@H](C)c1ccccn1)[C@H]1C(=O)C(=O)C[C@@H](O)CC[C@](C)(O)[C@@H](OC(=O)N2CCN(C3CCCCCC3)CC2)/C=C/[C@@H]1C. The Morgan fingerprint density at radius 1 is 1.06 bits per heavy atom. The number of aliphatic hydroxyl groups is 2. The molecule has 3 aliphatic rings. The van der Waals surface area contributed by atoms with Crippen LogP contribution in [0.25, 0.3) is 0 Å². The van der Waals surface area contributed by atoms with Crippen LogP contribution in [-0.4, -0.2) is 92.7 Å². The standard InChI is InChI=1S/C38H55N3O6/c1-27(32-16-9-10-21-39-32)12-11-13-28(2)35-29(3)17-18-34(38(4,46)20-19-31(42)26-33(43)36(35)44)47-37(45)41-24-22-40(23-25-41)30-14-7-5-6-8-15-30/h9-13,16-18,21,27,29-31,34-35,42,46H,5-8,14-15,19-20,22-26H2,1-4H3/b12-11+,18-17+,28-13+/t27-,29-,31-,34-,35+,38-/m0/s1. The first-order chi connectivity index (χ1) is 22.5. The molecule has 47 heavy (non-hydrogen) atoms. The molecule has 2 fully saturated rings. The van der Waals surface area contributed by atoms with E-state index in [1.165, 1.54) is 38.5 Å². The Balaban J connectivity index is 1.49. The van der Waals surface area contributed by atoms with Crippen LogP contribution < -0.4 is 0 Å². The maximum absolute atomic E-state index is 13.5. The summed E-state index contributed by atoms with van der Waals surface area (Å²) in [7, 11) is 0. The van der Waals surface area contributed by atoms with E-state index in [2.05, 4.69) is 9.88 Å². The van der Waals surface area contributed by atoms with Gasteiger partial charge in [0.15, 0.2) is 6.10 Å². The predicted molar refractivity (Wildman–Crippen MR) is 183 cm³/mol. The monoisotopic (exact) mass is 649 g/mol. The number of hydrogen-bond donors (Lipinski definition) is 2. The van der Waals surface area contributed by atoms with Crippen molar-refractivity contribution in [2.75, 3.05) is 26.2 Å². The maximum atomic E-state index is 13.5. The third kappa shape index (κ3) is 10.4. The first-order valence-electron chi connectivity index (χ1n) is 17.6. The van der Waals surface area contributed by atoms with Crippen molar-refractivity contribution in [2.45, 2.75) is 115 Å². The smallest absolute Gasteiger partial charge is 0.410 e. The van der Waals surface area contributed by atoms with E-state index in [0.717, 1.165) is 18.8 Å². The summed E-state index contributed by atoms with van der Waals surface area (Å²) >= 11 is 0. The summed E-state index contributed by atoms with van der Waals surface area (Å²) in [5, 5.41) is 22.2. The van der Waals surface area contributed by atoms with Crippen LogP contribution in [0.4, 0.5) is 4.79 Å². The third-order valence-corrected chi connectivity index (χ3v) is 10.2. The molecule has 4 rings (SSSR count). The second-order valence-electron chi connectivity index (χ2n) is 14.1. The molecule has 0 bridgehead atoms. The lowest BCUT2D eigenvalue weighted by molar-refractivity contribution is -0.140. The van der Waals surface area contributed by atoms with Crippen molar-refractivity contribution in [3.05, 3.63) is 66.0 Å². The van der Waals surface area contributed by atoms with Crippen LogP contribution in [0.1, 0.15) is 97.1 Å². The first kappa shape index (κ1) is 36.7. The molecule has 1 amide bonds. The Kier molecular flexibility index (Phi) is 13.5. The fraction of sp³-hybridized carbons (Fsp3) is 0.632. The number of piperazine rings is 1. The van der Waals surface area contributed by atoms with Crippen LogP contribution in [-0.2, 0) is 14.3 Å².